The molecule has 0 radical (unpaired) electrons. The molecule has 170 valence electrons. The van der Waals surface area contributed by atoms with E-state index in [1.807, 2.05) is 4.90 Å². The summed E-state index contributed by atoms with van der Waals surface area (Å²) in [4.78, 5) is 5.68. The minimum Gasteiger partial charge on any atom is -0.395 e. The second kappa shape index (κ2) is 14.5. The van der Waals surface area contributed by atoms with Crippen LogP contribution in [0.25, 0.3) is 0 Å². The van der Waals surface area contributed by atoms with E-state index in [2.05, 4.69) is 4.90 Å². The summed E-state index contributed by atoms with van der Waals surface area (Å²) in [5.41, 5.74) is 0. The van der Waals surface area contributed by atoms with Crippen LogP contribution in [0.5, 0.6) is 0 Å². The molecule has 1 aliphatic rings. The van der Waals surface area contributed by atoms with Gasteiger partial charge in [0.2, 0.25) is 0 Å². The van der Waals surface area contributed by atoms with Crippen LogP contribution in [0.4, 0.5) is 0 Å². The van der Waals surface area contributed by atoms with E-state index in [1.165, 1.54) is 0 Å². The van der Waals surface area contributed by atoms with Crippen LogP contribution in [-0.4, -0.2) is 146 Å². The van der Waals surface area contributed by atoms with E-state index in [-0.39, 0.29) is 51.0 Å². The number of piperazine rings is 1. The largest absolute Gasteiger partial charge is 0.395 e. The Hall–Kier alpha value is -0.420. The van der Waals surface area contributed by atoms with Crippen molar-refractivity contribution in [2.75, 3.05) is 90.2 Å². The first kappa shape index (κ1) is 27.6. The van der Waals surface area contributed by atoms with E-state index in [4.69, 9.17) is 24.4 Å². The van der Waals surface area contributed by atoms with Gasteiger partial charge in [0.25, 0.3) is 20.2 Å². The zero-order valence-corrected chi connectivity index (χ0v) is 17.6. The van der Waals surface area contributed by atoms with Gasteiger partial charge in [0.05, 0.1) is 31.3 Å². The number of hydrogen-bond acceptors (Lipinski definition) is 10. The van der Waals surface area contributed by atoms with Gasteiger partial charge in [-0.3, -0.25) is 23.8 Å². The lowest BCUT2D eigenvalue weighted by Crippen LogP contribution is -2.48. The Morgan fingerprint density at radius 3 is 1.43 bits per heavy atom. The van der Waals surface area contributed by atoms with E-state index in [1.54, 1.807) is 4.90 Å². The molecule has 14 heteroatoms. The number of nitrogens with zero attached hydrogens (tertiary/aromatic N) is 3. The zero-order chi connectivity index (χ0) is 21.6. The fourth-order valence-corrected chi connectivity index (χ4v) is 3.46. The normalized spacial score (nSPS) is 16.8. The van der Waals surface area contributed by atoms with Crippen LogP contribution >= 0.6 is 0 Å². The summed E-state index contributed by atoms with van der Waals surface area (Å²) in [5.74, 6) is -0.583. The molecule has 1 saturated heterocycles. The number of aliphatic hydroxyl groups excluding tert-OH is 3. The summed E-state index contributed by atoms with van der Waals surface area (Å²) in [6.07, 6.45) is 0. The molecule has 0 unspecified atom stereocenters. The molecule has 0 aromatic rings. The molecule has 0 saturated carbocycles. The predicted molar refractivity (Wildman–Crippen MR) is 103 cm³/mol. The van der Waals surface area contributed by atoms with E-state index in [9.17, 15) is 16.8 Å². The van der Waals surface area contributed by atoms with E-state index in [0.717, 1.165) is 26.2 Å². The topological polar surface area (TPSA) is 179 Å². The Labute approximate surface area is 166 Å². The first-order valence-corrected chi connectivity index (χ1v) is 12.1. The van der Waals surface area contributed by atoms with Crippen molar-refractivity contribution in [3.63, 3.8) is 0 Å². The summed E-state index contributed by atoms with van der Waals surface area (Å²) in [6, 6.07) is 0. The van der Waals surface area contributed by atoms with Crippen LogP contribution in [0.2, 0.25) is 0 Å². The fourth-order valence-electron chi connectivity index (χ4n) is 2.49. The summed E-state index contributed by atoms with van der Waals surface area (Å²) in [7, 11) is -7.80. The van der Waals surface area contributed by atoms with Gasteiger partial charge in [-0.05, 0) is 0 Å². The number of β-amino-alcohol motifs (C(OH)–C–C–N with tert-alkyl or cyclic N) is 1. The van der Waals surface area contributed by atoms with Gasteiger partial charge < -0.3 is 15.3 Å². The minimum atomic E-state index is -3.96. The predicted octanol–water partition coefficient (Wildman–Crippen LogP) is -3.36. The number of hydrogen-bond donors (Lipinski definition) is 5. The standard InChI is InChI=1S/C8H18N2O4S.C6H15NO5S/c11-7-5-9-1-3-10(4-2-9)6-8-15(12,13)14;8-4-1-7(2-5-9)3-6-13(10,11)12/h11H,1-8H2,(H,12,13,14);8-9H,1-6H2,(H,10,11,12). The van der Waals surface area contributed by atoms with E-state index >= 15 is 0 Å². The molecule has 0 aromatic carbocycles. The van der Waals surface area contributed by atoms with Crippen LogP contribution < -0.4 is 0 Å². The van der Waals surface area contributed by atoms with Crippen LogP contribution in [0, 0.1) is 0 Å². The maximum atomic E-state index is 10.5. The third kappa shape index (κ3) is 16.5. The van der Waals surface area contributed by atoms with Gasteiger partial charge in [-0.2, -0.15) is 16.8 Å². The summed E-state index contributed by atoms with van der Waals surface area (Å²) < 4.78 is 58.8. The third-order valence-corrected chi connectivity index (χ3v) is 5.44. The molecule has 1 rings (SSSR count). The lowest BCUT2D eigenvalue weighted by atomic mass is 10.3. The molecule has 28 heavy (non-hydrogen) atoms. The Bertz CT molecular complexity index is 587. The highest BCUT2D eigenvalue weighted by Crippen LogP contribution is 2.01. The molecule has 1 aliphatic heterocycles. The average Bonchev–Trinajstić information content (AvgIpc) is 2.59. The first-order valence-electron chi connectivity index (χ1n) is 8.90. The molecule has 12 nitrogen and oxygen atoms in total. The fraction of sp³-hybridized carbons (Fsp3) is 1.00. The smallest absolute Gasteiger partial charge is 0.266 e. The van der Waals surface area contributed by atoms with Crippen LogP contribution in [0.3, 0.4) is 0 Å². The van der Waals surface area contributed by atoms with Crippen molar-refractivity contribution in [1.82, 2.24) is 14.7 Å². The lowest BCUT2D eigenvalue weighted by Gasteiger charge is -2.33. The van der Waals surface area contributed by atoms with Crippen molar-refractivity contribution in [1.29, 1.82) is 0 Å². The second-order valence-electron chi connectivity index (χ2n) is 6.27. The van der Waals surface area contributed by atoms with Gasteiger partial charge in [-0.15, -0.1) is 0 Å². The Kier molecular flexibility index (Phi) is 14.3. The Morgan fingerprint density at radius 1 is 0.643 bits per heavy atom. The minimum absolute atomic E-state index is 0.106. The highest BCUT2D eigenvalue weighted by Gasteiger charge is 2.17. The van der Waals surface area contributed by atoms with Crippen LogP contribution in [0.15, 0.2) is 0 Å². The molecular formula is C14H33N3O9S2. The molecule has 5 N–H and O–H groups in total. The molecule has 0 amide bonds. The van der Waals surface area contributed by atoms with E-state index in [0.29, 0.717) is 13.1 Å². The second-order valence-corrected chi connectivity index (χ2v) is 9.41. The van der Waals surface area contributed by atoms with Crippen molar-refractivity contribution < 1.29 is 41.3 Å². The van der Waals surface area contributed by atoms with Gasteiger partial charge >= 0.3 is 0 Å². The van der Waals surface area contributed by atoms with Crippen LogP contribution in [0.1, 0.15) is 0 Å². The molecule has 0 aromatic heterocycles. The van der Waals surface area contributed by atoms with Crippen molar-refractivity contribution in [3.8, 4) is 0 Å². The van der Waals surface area contributed by atoms with Crippen molar-refractivity contribution >= 4 is 20.2 Å². The monoisotopic (exact) mass is 451 g/mol. The zero-order valence-electron chi connectivity index (χ0n) is 15.9. The van der Waals surface area contributed by atoms with Crippen molar-refractivity contribution in [2.24, 2.45) is 0 Å². The molecule has 0 atom stereocenters. The van der Waals surface area contributed by atoms with Crippen LogP contribution in [-0.2, 0) is 20.2 Å². The van der Waals surface area contributed by atoms with Gasteiger partial charge in [0.15, 0.2) is 0 Å². The molecular weight excluding hydrogens is 418 g/mol. The quantitative estimate of drug-likeness (QED) is 0.186. The molecule has 0 aliphatic carbocycles. The van der Waals surface area contributed by atoms with Crippen molar-refractivity contribution in [3.05, 3.63) is 0 Å². The maximum Gasteiger partial charge on any atom is 0.266 e. The molecule has 1 heterocycles. The summed E-state index contributed by atoms with van der Waals surface area (Å²) >= 11 is 0. The molecule has 0 spiro atoms. The molecule has 0 bridgehead atoms. The molecule has 1 fully saturated rings. The summed E-state index contributed by atoms with van der Waals surface area (Å²) in [5, 5.41) is 25.8. The number of rotatable bonds is 12. The first-order chi connectivity index (χ1) is 13.0. The van der Waals surface area contributed by atoms with Crippen molar-refractivity contribution in [2.45, 2.75) is 0 Å². The number of aliphatic hydroxyl groups is 3. The highest BCUT2D eigenvalue weighted by molar-refractivity contribution is 7.86. The Balaban J connectivity index is 0.000000528. The van der Waals surface area contributed by atoms with E-state index < -0.39 is 20.2 Å². The average molecular weight is 452 g/mol. The maximum absolute atomic E-state index is 10.5. The van der Waals surface area contributed by atoms with Gasteiger partial charge in [0, 0.05) is 58.9 Å². The summed E-state index contributed by atoms with van der Waals surface area (Å²) in [6.45, 7) is 4.94. The lowest BCUT2D eigenvalue weighted by molar-refractivity contribution is 0.116. The highest BCUT2D eigenvalue weighted by atomic mass is 32.2. The van der Waals surface area contributed by atoms with Gasteiger partial charge in [-0.25, -0.2) is 0 Å². The van der Waals surface area contributed by atoms with Gasteiger partial charge in [0.1, 0.15) is 0 Å². The van der Waals surface area contributed by atoms with Gasteiger partial charge in [-0.1, -0.05) is 0 Å². The SMILES string of the molecule is O=S(=O)(O)CCN(CCO)CCO.O=S(=O)(O)CCN1CCN(CCO)CC1. The third-order valence-electron chi connectivity index (χ3n) is 4.04. The Morgan fingerprint density at radius 2 is 1.07 bits per heavy atom.